The van der Waals surface area contributed by atoms with Crippen LogP contribution in [0.25, 0.3) is 0 Å². The monoisotopic (exact) mass is 326 g/mol. The van der Waals surface area contributed by atoms with Gasteiger partial charge >= 0.3 is 5.97 Å². The third kappa shape index (κ3) is 2.43. The maximum absolute atomic E-state index is 11.1. The van der Waals surface area contributed by atoms with Gasteiger partial charge in [0, 0.05) is 18.8 Å². The smallest absolute Gasteiger partial charge is 0.302 e. The largest absolute Gasteiger partial charge is 0.465 e. The molecule has 0 aromatic heterocycles. The molecule has 0 aromatic carbocycles. The van der Waals surface area contributed by atoms with E-state index in [1.165, 1.54) is 6.92 Å². The number of rotatable bonds is 3. The van der Waals surface area contributed by atoms with Crippen molar-refractivity contribution in [2.24, 2.45) is 23.7 Å². The van der Waals surface area contributed by atoms with Crippen molar-refractivity contribution in [3.8, 4) is 0 Å². The van der Waals surface area contributed by atoms with E-state index in [1.807, 2.05) is 32.9 Å². The van der Waals surface area contributed by atoms with Gasteiger partial charge in [0.1, 0.15) is 5.60 Å². The summed E-state index contributed by atoms with van der Waals surface area (Å²) in [6, 6.07) is 0. The molecule has 6 heteroatoms. The molecule has 0 unspecified atom stereocenters. The van der Waals surface area contributed by atoms with Gasteiger partial charge in [0.05, 0.1) is 18.8 Å². The molecular weight excluding hydrogens is 300 g/mol. The van der Waals surface area contributed by atoms with Gasteiger partial charge in [0.15, 0.2) is 5.60 Å². The molecule has 0 amide bonds. The van der Waals surface area contributed by atoms with E-state index in [1.54, 1.807) is 0 Å². The molecule has 2 bridgehead atoms. The molecule has 6 nitrogen and oxygen atoms in total. The van der Waals surface area contributed by atoms with Crippen molar-refractivity contribution in [3.05, 3.63) is 12.2 Å². The van der Waals surface area contributed by atoms with Crippen LogP contribution in [0.3, 0.4) is 0 Å². The summed E-state index contributed by atoms with van der Waals surface area (Å²) in [4.78, 5) is 22.5. The predicted molar refractivity (Wildman–Crippen MR) is 81.0 cm³/mol. The van der Waals surface area contributed by atoms with E-state index in [4.69, 9.17) is 14.5 Å². The maximum Gasteiger partial charge on any atom is 0.302 e. The summed E-state index contributed by atoms with van der Waals surface area (Å²) in [7, 11) is 0. The molecule has 1 saturated carbocycles. The number of carbonyl (C=O) groups excluding carboxylic acids is 1. The zero-order valence-corrected chi connectivity index (χ0v) is 14.1. The van der Waals surface area contributed by atoms with Gasteiger partial charge in [0.2, 0.25) is 0 Å². The van der Waals surface area contributed by atoms with Crippen molar-refractivity contribution in [3.63, 3.8) is 0 Å². The minimum absolute atomic E-state index is 0.0240. The molecule has 2 aliphatic carbocycles. The van der Waals surface area contributed by atoms with Crippen LogP contribution in [0.1, 0.15) is 34.1 Å². The van der Waals surface area contributed by atoms with Crippen molar-refractivity contribution in [2.45, 2.75) is 57.5 Å². The number of hydrogen-bond donors (Lipinski definition) is 2. The number of aliphatic hydroxyl groups excluding tert-OH is 2. The van der Waals surface area contributed by atoms with Gasteiger partial charge in [0.25, 0.3) is 0 Å². The molecule has 2 heterocycles. The summed E-state index contributed by atoms with van der Waals surface area (Å²) < 4.78 is 5.11. The van der Waals surface area contributed by atoms with Gasteiger partial charge in [-0.15, -0.1) is 0 Å². The van der Waals surface area contributed by atoms with Gasteiger partial charge in [-0.05, 0) is 31.3 Å². The standard InChI is InChI=1S/C17H26O6/c1-9(8-21-11(3)18)17-6-5-16(4,22-23-17)12-7-13(19)10(2)14(12)15(17)20/h5-6,9-10,12-15,19-20H,7-8H2,1-4H3/t9-,10-,12-,13-,14+,15+,16-,17-/m0/s1. The first kappa shape index (κ1) is 16.9. The first-order valence-corrected chi connectivity index (χ1v) is 8.28. The van der Waals surface area contributed by atoms with Crippen LogP contribution in [0.2, 0.25) is 0 Å². The van der Waals surface area contributed by atoms with Crippen LogP contribution in [-0.2, 0) is 19.3 Å². The Balaban J connectivity index is 1.96. The number of fused-ring (bicyclic) bond motifs is 1. The quantitative estimate of drug-likeness (QED) is 0.461. The highest BCUT2D eigenvalue weighted by Gasteiger charge is 2.63. The molecule has 2 N–H and O–H groups in total. The highest BCUT2D eigenvalue weighted by Crippen LogP contribution is 2.55. The second kappa shape index (κ2) is 5.55. The lowest BCUT2D eigenvalue weighted by atomic mass is 9.72. The van der Waals surface area contributed by atoms with Crippen LogP contribution >= 0.6 is 0 Å². The molecule has 8 atom stereocenters. The average Bonchev–Trinajstić information content (AvgIpc) is 2.72. The highest BCUT2D eigenvalue weighted by molar-refractivity contribution is 5.65. The van der Waals surface area contributed by atoms with E-state index >= 15 is 0 Å². The van der Waals surface area contributed by atoms with Crippen LogP contribution in [0.5, 0.6) is 0 Å². The number of esters is 1. The van der Waals surface area contributed by atoms with E-state index < -0.39 is 23.4 Å². The molecule has 130 valence electrons. The van der Waals surface area contributed by atoms with Crippen LogP contribution < -0.4 is 0 Å². The zero-order chi connectivity index (χ0) is 17.0. The minimum Gasteiger partial charge on any atom is -0.465 e. The lowest BCUT2D eigenvalue weighted by Crippen LogP contribution is -2.54. The van der Waals surface area contributed by atoms with Gasteiger partial charge in [-0.2, -0.15) is 0 Å². The predicted octanol–water partition coefficient (Wildman–Crippen LogP) is 1.21. The van der Waals surface area contributed by atoms with E-state index in [-0.39, 0.29) is 36.2 Å². The number of hydrogen-bond acceptors (Lipinski definition) is 6. The van der Waals surface area contributed by atoms with Gasteiger partial charge in [-0.1, -0.05) is 19.9 Å². The molecule has 4 aliphatic rings. The second-order valence-corrected chi connectivity index (χ2v) is 7.53. The number of carbonyl (C=O) groups is 1. The fourth-order valence-electron chi connectivity index (χ4n) is 4.44. The summed E-state index contributed by atoms with van der Waals surface area (Å²) >= 11 is 0. The Morgan fingerprint density at radius 3 is 2.65 bits per heavy atom. The van der Waals surface area contributed by atoms with E-state index in [2.05, 4.69) is 0 Å². The normalized spacial score (nSPS) is 49.6. The van der Waals surface area contributed by atoms with Gasteiger partial charge in [-0.3, -0.25) is 4.79 Å². The van der Waals surface area contributed by atoms with Crippen molar-refractivity contribution < 1.29 is 29.5 Å². The van der Waals surface area contributed by atoms with Gasteiger partial charge in [-0.25, -0.2) is 9.78 Å². The molecular formula is C17H26O6. The average molecular weight is 326 g/mol. The van der Waals surface area contributed by atoms with Crippen molar-refractivity contribution >= 4 is 5.97 Å². The second-order valence-electron chi connectivity index (χ2n) is 7.53. The van der Waals surface area contributed by atoms with Crippen molar-refractivity contribution in [1.82, 2.24) is 0 Å². The Morgan fingerprint density at radius 1 is 1.39 bits per heavy atom. The van der Waals surface area contributed by atoms with Gasteiger partial charge < -0.3 is 14.9 Å². The number of ether oxygens (including phenoxy) is 1. The topological polar surface area (TPSA) is 85.2 Å². The summed E-state index contributed by atoms with van der Waals surface area (Å²) in [6.07, 6.45) is 3.05. The molecule has 2 aliphatic heterocycles. The van der Waals surface area contributed by atoms with Crippen LogP contribution in [-0.4, -0.2) is 46.2 Å². The van der Waals surface area contributed by atoms with E-state index in [0.29, 0.717) is 6.42 Å². The zero-order valence-electron chi connectivity index (χ0n) is 14.1. The summed E-state index contributed by atoms with van der Waals surface area (Å²) in [5, 5.41) is 21.4. The van der Waals surface area contributed by atoms with Crippen LogP contribution in [0, 0.1) is 23.7 Å². The third-order valence-corrected chi connectivity index (χ3v) is 6.08. The molecule has 0 aromatic rings. The van der Waals surface area contributed by atoms with Crippen molar-refractivity contribution in [2.75, 3.05) is 6.61 Å². The van der Waals surface area contributed by atoms with Crippen LogP contribution in [0.15, 0.2) is 12.2 Å². The van der Waals surface area contributed by atoms with Crippen molar-refractivity contribution in [1.29, 1.82) is 0 Å². The van der Waals surface area contributed by atoms with E-state index in [0.717, 1.165) is 0 Å². The minimum atomic E-state index is -1.08. The molecule has 1 saturated heterocycles. The molecule has 2 fully saturated rings. The fraction of sp³-hybridized carbons (Fsp3) is 0.824. The molecule has 0 spiro atoms. The molecule has 4 rings (SSSR count). The maximum atomic E-state index is 11.1. The Labute approximate surface area is 136 Å². The summed E-state index contributed by atoms with van der Waals surface area (Å²) in [5.41, 5.74) is -1.74. The Hall–Kier alpha value is -0.950. The SMILES string of the molecule is CC(=O)OC[C@H](C)[C@]12C=C[C@](C)(OO1)[C@H]1C[C@H](O)[C@H](C)[C@H]1[C@H]2O. The molecule has 23 heavy (non-hydrogen) atoms. The lowest BCUT2D eigenvalue weighted by Gasteiger charge is -2.42. The number of aliphatic hydroxyl groups is 2. The Morgan fingerprint density at radius 2 is 2.09 bits per heavy atom. The third-order valence-electron chi connectivity index (χ3n) is 6.08. The van der Waals surface area contributed by atoms with E-state index in [9.17, 15) is 15.0 Å². The first-order chi connectivity index (χ1) is 10.7. The lowest BCUT2D eigenvalue weighted by molar-refractivity contribution is -0.414. The highest BCUT2D eigenvalue weighted by atomic mass is 17.2. The molecule has 0 radical (unpaired) electrons. The Kier molecular flexibility index (Phi) is 4.08. The summed E-state index contributed by atoms with van der Waals surface area (Å²) in [5.74, 6) is -0.883. The summed E-state index contributed by atoms with van der Waals surface area (Å²) in [6.45, 7) is 7.22. The first-order valence-electron chi connectivity index (χ1n) is 8.28. The fourth-order valence-corrected chi connectivity index (χ4v) is 4.44. The van der Waals surface area contributed by atoms with Crippen LogP contribution in [0.4, 0.5) is 0 Å². The Bertz CT molecular complexity index is 519.